The van der Waals surface area contributed by atoms with E-state index in [-0.39, 0.29) is 5.54 Å². The number of hydrogen-bond donors (Lipinski definition) is 1. The average molecular weight is 246 g/mol. The largest absolute Gasteiger partial charge is 0.311 e. The highest BCUT2D eigenvalue weighted by molar-refractivity contribution is 5.21. The lowest BCUT2D eigenvalue weighted by Gasteiger charge is -2.47. The minimum absolute atomic E-state index is 0.218. The average Bonchev–Trinajstić information content (AvgIpc) is 2.38. The van der Waals surface area contributed by atoms with Crippen molar-refractivity contribution in [3.8, 4) is 0 Å². The summed E-state index contributed by atoms with van der Waals surface area (Å²) in [6, 6.07) is 12.0. The number of hydrogen-bond acceptors (Lipinski definition) is 2. The molecule has 1 aliphatic rings. The fourth-order valence-electron chi connectivity index (χ4n) is 2.81. The normalized spacial score (nSPS) is 26.2. The molecule has 1 aromatic carbocycles. The van der Waals surface area contributed by atoms with Gasteiger partial charge >= 0.3 is 0 Å². The number of nitrogens with one attached hydrogen (secondary N) is 1. The number of piperazine rings is 1. The molecular formula is C16H26N2. The van der Waals surface area contributed by atoms with Crippen LogP contribution in [0, 0.1) is 0 Å². The molecule has 0 aromatic heterocycles. The molecule has 2 heteroatoms. The predicted octanol–water partition coefficient (Wildman–Crippen LogP) is 3.21. The Morgan fingerprint density at radius 2 is 1.89 bits per heavy atom. The van der Waals surface area contributed by atoms with E-state index < -0.39 is 0 Å². The first kappa shape index (κ1) is 13.6. The van der Waals surface area contributed by atoms with Crippen molar-refractivity contribution >= 4 is 0 Å². The van der Waals surface area contributed by atoms with E-state index in [0.717, 1.165) is 13.1 Å². The molecule has 1 N–H and O–H groups in total. The van der Waals surface area contributed by atoms with Gasteiger partial charge in [0, 0.05) is 30.7 Å². The maximum absolute atomic E-state index is 3.68. The van der Waals surface area contributed by atoms with E-state index in [0.29, 0.717) is 12.1 Å². The molecule has 1 aliphatic heterocycles. The van der Waals surface area contributed by atoms with E-state index >= 15 is 0 Å². The van der Waals surface area contributed by atoms with Gasteiger partial charge in [-0.15, -0.1) is 0 Å². The first-order valence-corrected chi connectivity index (χ1v) is 7.07. The van der Waals surface area contributed by atoms with Crippen LogP contribution in [0.3, 0.4) is 0 Å². The van der Waals surface area contributed by atoms with Crippen molar-refractivity contribution in [2.75, 3.05) is 13.1 Å². The first-order chi connectivity index (χ1) is 8.52. The lowest BCUT2D eigenvalue weighted by atomic mass is 9.93. The van der Waals surface area contributed by atoms with Gasteiger partial charge in [0.15, 0.2) is 0 Å². The zero-order valence-electron chi connectivity index (χ0n) is 12.1. The third-order valence-corrected chi connectivity index (χ3v) is 3.93. The van der Waals surface area contributed by atoms with Crippen molar-refractivity contribution in [1.29, 1.82) is 0 Å². The van der Waals surface area contributed by atoms with Crippen LogP contribution < -0.4 is 5.32 Å². The van der Waals surface area contributed by atoms with E-state index in [1.165, 1.54) is 12.0 Å². The van der Waals surface area contributed by atoms with Gasteiger partial charge in [-0.1, -0.05) is 37.3 Å². The molecule has 1 aromatic rings. The van der Waals surface area contributed by atoms with Crippen LogP contribution in [-0.4, -0.2) is 29.6 Å². The highest BCUT2D eigenvalue weighted by Crippen LogP contribution is 2.30. The molecule has 2 unspecified atom stereocenters. The van der Waals surface area contributed by atoms with Crippen molar-refractivity contribution in [2.45, 2.75) is 51.7 Å². The molecule has 1 heterocycles. The van der Waals surface area contributed by atoms with Crippen LogP contribution in [0.2, 0.25) is 0 Å². The Kier molecular flexibility index (Phi) is 4.08. The summed E-state index contributed by atoms with van der Waals surface area (Å²) in [6.45, 7) is 11.4. The number of benzene rings is 1. The van der Waals surface area contributed by atoms with Gasteiger partial charge in [-0.05, 0) is 32.8 Å². The molecule has 0 spiro atoms. The van der Waals surface area contributed by atoms with Crippen molar-refractivity contribution < 1.29 is 0 Å². The van der Waals surface area contributed by atoms with Crippen molar-refractivity contribution in [3.05, 3.63) is 35.9 Å². The van der Waals surface area contributed by atoms with Crippen LogP contribution >= 0.6 is 0 Å². The van der Waals surface area contributed by atoms with Crippen LogP contribution in [0.4, 0.5) is 0 Å². The molecule has 0 bridgehead atoms. The summed E-state index contributed by atoms with van der Waals surface area (Å²) in [7, 11) is 0. The van der Waals surface area contributed by atoms with Gasteiger partial charge in [-0.25, -0.2) is 0 Å². The number of nitrogens with zero attached hydrogens (tertiary/aromatic N) is 1. The van der Waals surface area contributed by atoms with Gasteiger partial charge in [0.2, 0.25) is 0 Å². The lowest BCUT2D eigenvalue weighted by molar-refractivity contribution is 0.0397. The molecule has 2 rings (SSSR count). The molecule has 2 atom stereocenters. The molecule has 18 heavy (non-hydrogen) atoms. The minimum Gasteiger partial charge on any atom is -0.311 e. The zero-order chi connectivity index (χ0) is 13.2. The summed E-state index contributed by atoms with van der Waals surface area (Å²) in [5, 5.41) is 3.68. The van der Waals surface area contributed by atoms with Crippen molar-refractivity contribution in [2.24, 2.45) is 0 Å². The molecule has 100 valence electrons. The van der Waals surface area contributed by atoms with Gasteiger partial charge in [-0.3, -0.25) is 4.90 Å². The maximum Gasteiger partial charge on any atom is 0.0478 e. The van der Waals surface area contributed by atoms with Crippen molar-refractivity contribution in [3.63, 3.8) is 0 Å². The van der Waals surface area contributed by atoms with E-state index in [1.54, 1.807) is 0 Å². The van der Waals surface area contributed by atoms with Crippen LogP contribution in [0.15, 0.2) is 30.3 Å². The Balaban J connectivity index is 2.23. The summed E-state index contributed by atoms with van der Waals surface area (Å²) in [6.07, 6.45) is 1.20. The molecule has 2 nitrogen and oxygen atoms in total. The molecule has 1 fully saturated rings. The molecule has 0 radical (unpaired) electrons. The summed E-state index contributed by atoms with van der Waals surface area (Å²) in [5.41, 5.74) is 1.64. The van der Waals surface area contributed by atoms with E-state index in [4.69, 9.17) is 0 Å². The van der Waals surface area contributed by atoms with Gasteiger partial charge in [0.25, 0.3) is 0 Å². The van der Waals surface area contributed by atoms with Gasteiger partial charge in [-0.2, -0.15) is 0 Å². The Bertz CT molecular complexity index is 366. The maximum atomic E-state index is 3.68. The Hall–Kier alpha value is -0.860. The molecular weight excluding hydrogens is 220 g/mol. The SMILES string of the molecule is CCC1CN(C(C)(C)C)C(c2ccccc2)CN1. The first-order valence-electron chi connectivity index (χ1n) is 7.07. The molecule has 0 amide bonds. The topological polar surface area (TPSA) is 15.3 Å². The third kappa shape index (κ3) is 2.93. The van der Waals surface area contributed by atoms with Gasteiger partial charge in [0.05, 0.1) is 0 Å². The molecule has 0 aliphatic carbocycles. The molecule has 0 saturated carbocycles. The van der Waals surface area contributed by atoms with E-state index in [2.05, 4.69) is 68.2 Å². The Morgan fingerprint density at radius 3 is 2.44 bits per heavy atom. The van der Waals surface area contributed by atoms with Crippen LogP contribution in [0.5, 0.6) is 0 Å². The summed E-state index contributed by atoms with van der Waals surface area (Å²) in [5.74, 6) is 0. The summed E-state index contributed by atoms with van der Waals surface area (Å²) in [4.78, 5) is 2.65. The summed E-state index contributed by atoms with van der Waals surface area (Å²) < 4.78 is 0. The van der Waals surface area contributed by atoms with Crippen LogP contribution in [0.25, 0.3) is 0 Å². The van der Waals surface area contributed by atoms with Crippen LogP contribution in [-0.2, 0) is 0 Å². The zero-order valence-corrected chi connectivity index (χ0v) is 12.1. The smallest absolute Gasteiger partial charge is 0.0478 e. The second-order valence-electron chi connectivity index (χ2n) is 6.26. The second-order valence-corrected chi connectivity index (χ2v) is 6.26. The standard InChI is InChI=1S/C16H26N2/c1-5-14-12-18(16(2,3)4)15(11-17-14)13-9-7-6-8-10-13/h6-10,14-15,17H,5,11-12H2,1-4H3. The Morgan fingerprint density at radius 1 is 1.22 bits per heavy atom. The van der Waals surface area contributed by atoms with Gasteiger partial charge < -0.3 is 5.32 Å². The lowest BCUT2D eigenvalue weighted by Crippen LogP contribution is -2.57. The van der Waals surface area contributed by atoms with Gasteiger partial charge in [0.1, 0.15) is 0 Å². The minimum atomic E-state index is 0.218. The Labute approximate surface area is 111 Å². The van der Waals surface area contributed by atoms with Crippen LogP contribution in [0.1, 0.15) is 45.7 Å². The third-order valence-electron chi connectivity index (χ3n) is 3.93. The van der Waals surface area contributed by atoms with E-state index in [1.807, 2.05) is 0 Å². The fourth-order valence-corrected chi connectivity index (χ4v) is 2.81. The highest BCUT2D eigenvalue weighted by Gasteiger charge is 2.34. The highest BCUT2D eigenvalue weighted by atomic mass is 15.3. The van der Waals surface area contributed by atoms with E-state index in [9.17, 15) is 0 Å². The molecule has 1 saturated heterocycles. The summed E-state index contributed by atoms with van der Waals surface area (Å²) >= 11 is 0. The number of rotatable bonds is 2. The predicted molar refractivity (Wildman–Crippen MR) is 77.7 cm³/mol. The monoisotopic (exact) mass is 246 g/mol. The van der Waals surface area contributed by atoms with Crippen molar-refractivity contribution in [1.82, 2.24) is 10.2 Å². The quantitative estimate of drug-likeness (QED) is 0.862. The fraction of sp³-hybridized carbons (Fsp3) is 0.625. The second kappa shape index (κ2) is 5.41.